The molecule has 0 spiro atoms. The van der Waals surface area contributed by atoms with Crippen LogP contribution in [-0.4, -0.2) is 33.0 Å². The number of hydrogen-bond donors (Lipinski definition) is 1. The molecule has 0 radical (unpaired) electrons. The molecule has 0 aromatic carbocycles. The summed E-state index contributed by atoms with van der Waals surface area (Å²) in [6, 6.07) is 0. The average molecular weight is 163 g/mol. The zero-order valence-electron chi connectivity index (χ0n) is 6.13. The zero-order chi connectivity index (χ0) is 7.78. The second-order valence-electron chi connectivity index (χ2n) is 2.94. The first-order chi connectivity index (χ1) is 4.50. The van der Waals surface area contributed by atoms with Gasteiger partial charge in [-0.05, 0) is 0 Å². The highest BCUT2D eigenvalue weighted by molar-refractivity contribution is 7.91. The van der Waals surface area contributed by atoms with Gasteiger partial charge in [0.25, 0.3) is 0 Å². The van der Waals surface area contributed by atoms with Gasteiger partial charge in [0.05, 0.1) is 13.1 Å². The predicted molar refractivity (Wildman–Crippen MR) is 39.3 cm³/mol. The van der Waals surface area contributed by atoms with E-state index in [9.17, 15) is 8.42 Å². The van der Waals surface area contributed by atoms with Crippen LogP contribution in [0.1, 0.15) is 6.42 Å². The molecule has 0 saturated carbocycles. The predicted octanol–water partition coefficient (Wildman–Crippen LogP) is -1.52. The van der Waals surface area contributed by atoms with E-state index in [-0.39, 0.29) is 5.25 Å². The molecule has 10 heavy (non-hydrogen) atoms. The van der Waals surface area contributed by atoms with Crippen molar-refractivity contribution in [1.29, 1.82) is 0 Å². The summed E-state index contributed by atoms with van der Waals surface area (Å²) in [7, 11) is 0.957. The summed E-state index contributed by atoms with van der Waals surface area (Å²) < 4.78 is 21.9. The number of hydrogen-bond acceptors (Lipinski definition) is 2. The Bertz CT molecular complexity index is 210. The smallest absolute Gasteiger partial charge is 0.155 e. The fourth-order valence-electron chi connectivity index (χ4n) is 1.26. The van der Waals surface area contributed by atoms with Crippen molar-refractivity contribution in [3.8, 4) is 0 Å². The first kappa shape index (κ1) is 8.01. The first-order valence-corrected chi connectivity index (χ1v) is 5.31. The number of nitrogens with one attached hydrogen (secondary N) is 1. The van der Waals surface area contributed by atoms with Crippen LogP contribution in [0, 0.1) is 7.05 Å². The molecule has 4 heteroatoms. The molecular weight excluding hydrogens is 150 g/mol. The van der Waals surface area contributed by atoms with Crippen molar-refractivity contribution >= 4 is 9.84 Å². The maximum absolute atomic E-state index is 10.9. The molecule has 0 aromatic heterocycles. The van der Waals surface area contributed by atoms with Gasteiger partial charge in [-0.15, -0.1) is 0 Å². The van der Waals surface area contributed by atoms with E-state index >= 15 is 0 Å². The fraction of sp³-hybridized carbons (Fsp3) is 0.833. The molecule has 3 nitrogen and oxygen atoms in total. The summed E-state index contributed by atoms with van der Waals surface area (Å²) in [5.74, 6) is 0. The molecule has 60 valence electrons. The van der Waals surface area contributed by atoms with Crippen LogP contribution >= 0.6 is 0 Å². The van der Waals surface area contributed by atoms with Gasteiger partial charge in [-0.1, -0.05) is 0 Å². The zero-order valence-corrected chi connectivity index (χ0v) is 6.95. The van der Waals surface area contributed by atoms with E-state index in [0.717, 1.165) is 17.9 Å². The van der Waals surface area contributed by atoms with E-state index in [1.165, 1.54) is 6.26 Å². The molecule has 0 aromatic rings. The lowest BCUT2D eigenvalue weighted by molar-refractivity contribution is -0.839. The third kappa shape index (κ3) is 1.70. The second kappa shape index (κ2) is 2.51. The molecule has 1 heterocycles. The van der Waals surface area contributed by atoms with Crippen LogP contribution in [0.3, 0.4) is 0 Å². The lowest BCUT2D eigenvalue weighted by atomic mass is 10.4. The van der Waals surface area contributed by atoms with Gasteiger partial charge < -0.3 is 4.90 Å². The van der Waals surface area contributed by atoms with Crippen LogP contribution in [0.5, 0.6) is 0 Å². The van der Waals surface area contributed by atoms with Crippen LogP contribution in [0.4, 0.5) is 0 Å². The molecule has 1 aliphatic rings. The molecular formula is C6H13NO2S. The minimum absolute atomic E-state index is 0.139. The molecule has 1 N–H and O–H groups in total. The Hall–Kier alpha value is -0.0900. The first-order valence-electron chi connectivity index (χ1n) is 3.35. The molecule has 0 bridgehead atoms. The Kier molecular flexibility index (Phi) is 2.01. The SMILES string of the molecule is [CH2-][NH+]1CCC(S(C)(=O)=O)C1. The summed E-state index contributed by atoms with van der Waals surface area (Å²) in [5.41, 5.74) is 0. The highest BCUT2D eigenvalue weighted by Gasteiger charge is 2.28. The van der Waals surface area contributed by atoms with E-state index in [1.54, 1.807) is 0 Å². The number of rotatable bonds is 1. The molecule has 1 aliphatic heterocycles. The Labute approximate surface area is 61.9 Å². The summed E-state index contributed by atoms with van der Waals surface area (Å²) in [4.78, 5) is 1.08. The average Bonchev–Trinajstić information content (AvgIpc) is 2.11. The second-order valence-corrected chi connectivity index (χ2v) is 5.27. The highest BCUT2D eigenvalue weighted by atomic mass is 32.2. The maximum atomic E-state index is 10.9. The molecule has 1 saturated heterocycles. The highest BCUT2D eigenvalue weighted by Crippen LogP contribution is 2.04. The summed E-state index contributed by atoms with van der Waals surface area (Å²) in [6.45, 7) is 1.57. The minimum atomic E-state index is -2.80. The van der Waals surface area contributed by atoms with Gasteiger partial charge in [-0.2, -0.15) is 7.05 Å². The van der Waals surface area contributed by atoms with Crippen LogP contribution < -0.4 is 4.90 Å². The maximum Gasteiger partial charge on any atom is 0.155 e. The Morgan fingerprint density at radius 1 is 1.60 bits per heavy atom. The number of sulfone groups is 1. The van der Waals surface area contributed by atoms with Crippen molar-refractivity contribution in [2.75, 3.05) is 19.3 Å². The van der Waals surface area contributed by atoms with Crippen molar-refractivity contribution in [3.63, 3.8) is 0 Å². The Morgan fingerprint density at radius 3 is 2.40 bits per heavy atom. The summed E-state index contributed by atoms with van der Waals surface area (Å²) >= 11 is 0. The van der Waals surface area contributed by atoms with E-state index in [0.29, 0.717) is 6.54 Å². The molecule has 1 fully saturated rings. The molecule has 0 amide bonds. The van der Waals surface area contributed by atoms with Gasteiger partial charge >= 0.3 is 0 Å². The van der Waals surface area contributed by atoms with E-state index < -0.39 is 9.84 Å². The molecule has 1 rings (SSSR count). The van der Waals surface area contributed by atoms with Crippen LogP contribution in [0.2, 0.25) is 0 Å². The van der Waals surface area contributed by atoms with Gasteiger partial charge in [0.15, 0.2) is 9.84 Å². The lowest BCUT2D eigenvalue weighted by Crippen LogP contribution is -3.05. The van der Waals surface area contributed by atoms with Gasteiger partial charge in [0.1, 0.15) is 5.25 Å². The third-order valence-electron chi connectivity index (χ3n) is 1.94. The number of quaternary nitrogens is 1. The van der Waals surface area contributed by atoms with Gasteiger partial charge in [0, 0.05) is 12.7 Å². The minimum Gasteiger partial charge on any atom is -0.467 e. The van der Waals surface area contributed by atoms with E-state index in [2.05, 4.69) is 7.05 Å². The van der Waals surface area contributed by atoms with E-state index in [1.807, 2.05) is 0 Å². The van der Waals surface area contributed by atoms with Crippen LogP contribution in [0.15, 0.2) is 0 Å². The van der Waals surface area contributed by atoms with E-state index in [4.69, 9.17) is 0 Å². The van der Waals surface area contributed by atoms with Crippen molar-refractivity contribution in [2.45, 2.75) is 11.7 Å². The van der Waals surface area contributed by atoms with Crippen LogP contribution in [0.25, 0.3) is 0 Å². The molecule has 2 atom stereocenters. The Morgan fingerprint density at radius 2 is 2.20 bits per heavy atom. The van der Waals surface area contributed by atoms with Crippen molar-refractivity contribution < 1.29 is 13.3 Å². The summed E-state index contributed by atoms with van der Waals surface area (Å²) in [5, 5.41) is -0.139. The van der Waals surface area contributed by atoms with Crippen molar-refractivity contribution in [2.24, 2.45) is 0 Å². The van der Waals surface area contributed by atoms with Gasteiger partial charge in [-0.3, -0.25) is 0 Å². The standard InChI is InChI=1S/C6H13NO2S/c1-7-4-3-6(5-7)10(2,8)9/h6-7H,1,3-5H2,2H3. The van der Waals surface area contributed by atoms with Crippen molar-refractivity contribution in [1.82, 2.24) is 0 Å². The van der Waals surface area contributed by atoms with Gasteiger partial charge in [-0.25, -0.2) is 8.42 Å². The van der Waals surface area contributed by atoms with Crippen molar-refractivity contribution in [3.05, 3.63) is 7.05 Å². The summed E-state index contributed by atoms with van der Waals surface area (Å²) in [6.07, 6.45) is 2.08. The largest absolute Gasteiger partial charge is 0.467 e. The van der Waals surface area contributed by atoms with Gasteiger partial charge in [0.2, 0.25) is 0 Å². The molecule has 2 unspecified atom stereocenters. The van der Waals surface area contributed by atoms with Crippen LogP contribution in [-0.2, 0) is 9.84 Å². The quantitative estimate of drug-likeness (QED) is 0.477. The number of likely N-dealkylation sites (tertiary alicyclic amines) is 1. The Balaban J connectivity index is 2.62. The molecule has 0 aliphatic carbocycles. The normalized spacial score (nSPS) is 34.6. The lowest BCUT2D eigenvalue weighted by Gasteiger charge is -2.11. The fourth-order valence-corrected chi connectivity index (χ4v) is 2.34. The topological polar surface area (TPSA) is 38.6 Å². The monoisotopic (exact) mass is 163 g/mol. The third-order valence-corrected chi connectivity index (χ3v) is 3.56.